The van der Waals surface area contributed by atoms with E-state index in [4.69, 9.17) is 23.2 Å². The molecule has 1 aromatic carbocycles. The number of carbonyl (C=O) groups excluding carboxylic acids is 1. The number of benzene rings is 1. The average Bonchev–Trinajstić information content (AvgIpc) is 2.76. The van der Waals surface area contributed by atoms with Gasteiger partial charge in [-0.15, -0.1) is 0 Å². The number of nitrogens with one attached hydrogen (secondary N) is 2. The Labute approximate surface area is 101 Å². The highest BCUT2D eigenvalue weighted by Crippen LogP contribution is 2.25. The molecular formula is C9H6Cl2N4O. The van der Waals surface area contributed by atoms with E-state index in [1.165, 1.54) is 6.20 Å². The smallest absolute Gasteiger partial charge is 0.277 e. The Bertz CT molecular complexity index is 512. The summed E-state index contributed by atoms with van der Waals surface area (Å²) in [7, 11) is 0. The summed E-state index contributed by atoms with van der Waals surface area (Å²) in [6, 6.07) is 4.79. The molecule has 0 atom stereocenters. The zero-order valence-corrected chi connectivity index (χ0v) is 9.38. The lowest BCUT2D eigenvalue weighted by atomic mass is 10.3. The zero-order valence-electron chi connectivity index (χ0n) is 7.87. The molecule has 5 nitrogen and oxygen atoms in total. The maximum absolute atomic E-state index is 11.6. The minimum absolute atomic E-state index is 0.177. The normalized spacial score (nSPS) is 10.1. The van der Waals surface area contributed by atoms with Gasteiger partial charge in [0.1, 0.15) is 0 Å². The maximum atomic E-state index is 11.6. The van der Waals surface area contributed by atoms with Crippen molar-refractivity contribution in [3.05, 3.63) is 40.1 Å². The van der Waals surface area contributed by atoms with Crippen LogP contribution in [0, 0.1) is 0 Å². The summed E-state index contributed by atoms with van der Waals surface area (Å²) in [6.07, 6.45) is 1.31. The van der Waals surface area contributed by atoms with Crippen LogP contribution in [0.15, 0.2) is 24.4 Å². The molecule has 0 saturated heterocycles. The highest BCUT2D eigenvalue weighted by Gasteiger charge is 2.10. The molecule has 16 heavy (non-hydrogen) atoms. The van der Waals surface area contributed by atoms with Crippen LogP contribution < -0.4 is 5.32 Å². The number of nitrogens with zero attached hydrogens (tertiary/aromatic N) is 2. The second-order valence-electron chi connectivity index (χ2n) is 2.93. The van der Waals surface area contributed by atoms with E-state index >= 15 is 0 Å². The quantitative estimate of drug-likeness (QED) is 0.867. The van der Waals surface area contributed by atoms with Gasteiger partial charge in [0.2, 0.25) is 0 Å². The molecule has 2 rings (SSSR count). The molecule has 0 bridgehead atoms. The Balaban J connectivity index is 2.21. The van der Waals surface area contributed by atoms with Gasteiger partial charge in [0.25, 0.3) is 5.91 Å². The highest BCUT2D eigenvalue weighted by atomic mass is 35.5. The summed E-state index contributed by atoms with van der Waals surface area (Å²) in [5, 5.41) is 13.0. The van der Waals surface area contributed by atoms with E-state index in [9.17, 15) is 4.79 Å². The molecule has 7 heteroatoms. The highest BCUT2D eigenvalue weighted by molar-refractivity contribution is 6.35. The van der Waals surface area contributed by atoms with Gasteiger partial charge in [-0.2, -0.15) is 15.4 Å². The van der Waals surface area contributed by atoms with Gasteiger partial charge in [0.15, 0.2) is 5.69 Å². The zero-order chi connectivity index (χ0) is 11.5. The third-order valence-electron chi connectivity index (χ3n) is 1.82. The van der Waals surface area contributed by atoms with Gasteiger partial charge < -0.3 is 5.32 Å². The lowest BCUT2D eigenvalue weighted by Gasteiger charge is -2.05. The first-order chi connectivity index (χ1) is 7.66. The van der Waals surface area contributed by atoms with E-state index in [0.29, 0.717) is 15.7 Å². The summed E-state index contributed by atoms with van der Waals surface area (Å²) in [6.45, 7) is 0. The van der Waals surface area contributed by atoms with Gasteiger partial charge in [0.05, 0.1) is 16.9 Å². The van der Waals surface area contributed by atoms with Crippen LogP contribution in [0.4, 0.5) is 5.69 Å². The lowest BCUT2D eigenvalue weighted by Crippen LogP contribution is -2.12. The van der Waals surface area contributed by atoms with Crippen molar-refractivity contribution < 1.29 is 4.79 Å². The van der Waals surface area contributed by atoms with Crippen LogP contribution >= 0.6 is 23.2 Å². The summed E-state index contributed by atoms with van der Waals surface area (Å²) in [5.41, 5.74) is 0.609. The fraction of sp³-hybridized carbons (Fsp3) is 0. The number of carbonyl (C=O) groups is 1. The minimum atomic E-state index is -0.405. The molecule has 0 fully saturated rings. The lowest BCUT2D eigenvalue weighted by molar-refractivity contribution is 0.102. The van der Waals surface area contributed by atoms with Crippen molar-refractivity contribution in [2.45, 2.75) is 0 Å². The number of anilines is 1. The number of amides is 1. The van der Waals surface area contributed by atoms with Crippen LogP contribution in [0.5, 0.6) is 0 Å². The van der Waals surface area contributed by atoms with Gasteiger partial charge >= 0.3 is 0 Å². The number of aromatic amines is 1. The number of rotatable bonds is 2. The van der Waals surface area contributed by atoms with Crippen LogP contribution in [0.1, 0.15) is 10.5 Å². The van der Waals surface area contributed by atoms with E-state index in [1.807, 2.05) is 0 Å². The van der Waals surface area contributed by atoms with Crippen LogP contribution in [0.25, 0.3) is 0 Å². The first-order valence-electron chi connectivity index (χ1n) is 4.29. The topological polar surface area (TPSA) is 70.7 Å². The van der Waals surface area contributed by atoms with Crippen LogP contribution in [0.2, 0.25) is 10.0 Å². The van der Waals surface area contributed by atoms with E-state index in [1.54, 1.807) is 18.2 Å². The molecule has 0 spiro atoms. The Hall–Kier alpha value is -1.59. The van der Waals surface area contributed by atoms with E-state index < -0.39 is 5.91 Å². The number of halogens is 2. The van der Waals surface area contributed by atoms with E-state index in [0.717, 1.165) is 0 Å². The SMILES string of the molecule is O=C(Nc1cc(Cl)ccc1Cl)c1cn[nH]n1. The summed E-state index contributed by atoms with van der Waals surface area (Å²) >= 11 is 11.7. The van der Waals surface area contributed by atoms with E-state index in [2.05, 4.69) is 20.7 Å². The van der Waals surface area contributed by atoms with Crippen molar-refractivity contribution in [1.29, 1.82) is 0 Å². The summed E-state index contributed by atoms with van der Waals surface area (Å²) in [5.74, 6) is -0.405. The molecule has 0 saturated carbocycles. The van der Waals surface area contributed by atoms with Crippen molar-refractivity contribution in [3.63, 3.8) is 0 Å². The Kier molecular flexibility index (Phi) is 3.07. The molecule has 1 heterocycles. The molecule has 82 valence electrons. The second kappa shape index (κ2) is 4.51. The molecule has 0 aliphatic rings. The Morgan fingerprint density at radius 1 is 1.38 bits per heavy atom. The molecule has 0 aliphatic carbocycles. The molecule has 0 aliphatic heterocycles. The Morgan fingerprint density at radius 2 is 2.19 bits per heavy atom. The molecule has 0 unspecified atom stereocenters. The largest absolute Gasteiger partial charge is 0.319 e. The predicted octanol–water partition coefficient (Wildman–Crippen LogP) is 2.36. The average molecular weight is 257 g/mol. The first-order valence-corrected chi connectivity index (χ1v) is 5.04. The number of H-pyrrole nitrogens is 1. The predicted molar refractivity (Wildman–Crippen MR) is 60.8 cm³/mol. The Morgan fingerprint density at radius 3 is 2.88 bits per heavy atom. The van der Waals surface area contributed by atoms with Crippen molar-refractivity contribution in [2.24, 2.45) is 0 Å². The molecule has 2 aromatic rings. The van der Waals surface area contributed by atoms with Gasteiger partial charge in [-0.25, -0.2) is 0 Å². The van der Waals surface area contributed by atoms with Crippen LogP contribution in [-0.4, -0.2) is 21.3 Å². The minimum Gasteiger partial charge on any atom is -0.319 e. The molecular weight excluding hydrogens is 251 g/mol. The van der Waals surface area contributed by atoms with Crippen molar-refractivity contribution in [2.75, 3.05) is 5.32 Å². The third-order valence-corrected chi connectivity index (χ3v) is 2.39. The standard InChI is InChI=1S/C9H6Cl2N4O/c10-5-1-2-6(11)7(3-5)13-9(16)8-4-12-15-14-8/h1-4H,(H,13,16)(H,12,14,15). The van der Waals surface area contributed by atoms with Crippen molar-refractivity contribution in [1.82, 2.24) is 15.4 Å². The molecule has 1 aromatic heterocycles. The van der Waals surface area contributed by atoms with Gasteiger partial charge in [-0.1, -0.05) is 23.2 Å². The van der Waals surface area contributed by atoms with Crippen molar-refractivity contribution >= 4 is 34.8 Å². The maximum Gasteiger partial charge on any atom is 0.277 e. The first kappa shape index (κ1) is 10.9. The fourth-order valence-corrected chi connectivity index (χ4v) is 1.43. The monoisotopic (exact) mass is 256 g/mol. The van der Waals surface area contributed by atoms with E-state index in [-0.39, 0.29) is 5.69 Å². The van der Waals surface area contributed by atoms with Crippen LogP contribution in [0.3, 0.4) is 0 Å². The fourth-order valence-electron chi connectivity index (χ4n) is 1.09. The van der Waals surface area contributed by atoms with Gasteiger partial charge in [0, 0.05) is 5.02 Å². The number of aromatic nitrogens is 3. The van der Waals surface area contributed by atoms with Crippen LogP contribution in [-0.2, 0) is 0 Å². The summed E-state index contributed by atoms with van der Waals surface area (Å²) < 4.78 is 0. The third kappa shape index (κ3) is 2.32. The number of hydrogen-bond donors (Lipinski definition) is 2. The molecule has 2 N–H and O–H groups in total. The summed E-state index contributed by atoms with van der Waals surface area (Å²) in [4.78, 5) is 11.6. The molecule has 0 radical (unpaired) electrons. The van der Waals surface area contributed by atoms with Gasteiger partial charge in [-0.3, -0.25) is 4.79 Å². The molecule has 1 amide bonds. The second-order valence-corrected chi connectivity index (χ2v) is 3.78. The number of hydrogen-bond acceptors (Lipinski definition) is 3. The van der Waals surface area contributed by atoms with Gasteiger partial charge in [-0.05, 0) is 18.2 Å². The van der Waals surface area contributed by atoms with Crippen molar-refractivity contribution in [3.8, 4) is 0 Å².